The molecule has 0 aromatic carbocycles. The quantitative estimate of drug-likeness (QED) is 0.627. The van der Waals surface area contributed by atoms with Crippen LogP contribution in [0.3, 0.4) is 0 Å². The van der Waals surface area contributed by atoms with E-state index in [2.05, 4.69) is 5.32 Å². The van der Waals surface area contributed by atoms with Crippen molar-refractivity contribution >= 4 is 12.0 Å². The molecule has 0 bridgehead atoms. The molecule has 0 aromatic heterocycles. The van der Waals surface area contributed by atoms with E-state index < -0.39 is 18.0 Å². The first kappa shape index (κ1) is 15.7. The summed E-state index contributed by atoms with van der Waals surface area (Å²) in [5.41, 5.74) is 0. The molecule has 3 unspecified atom stereocenters. The Morgan fingerprint density at radius 2 is 2.21 bits per heavy atom. The lowest BCUT2D eigenvalue weighted by molar-refractivity contribution is -0.139. The standard InChI is InChI=1S/C12H22N2O5/c1-8-3-5-14(10(8)7-15)12(18)13-9(11(16)17)4-6-19-2/h8-10,15H,3-7H2,1-2H3,(H,13,18)(H,16,17). The SMILES string of the molecule is COCCC(NC(=O)N1CCC(C)C1CO)C(=O)O. The summed E-state index contributed by atoms with van der Waals surface area (Å²) in [5.74, 6) is -0.865. The number of carboxylic acid groups (broad SMARTS) is 1. The van der Waals surface area contributed by atoms with Gasteiger partial charge in [-0.25, -0.2) is 9.59 Å². The van der Waals surface area contributed by atoms with E-state index in [9.17, 15) is 14.7 Å². The Morgan fingerprint density at radius 3 is 2.74 bits per heavy atom. The molecule has 0 spiro atoms. The van der Waals surface area contributed by atoms with Gasteiger partial charge >= 0.3 is 12.0 Å². The van der Waals surface area contributed by atoms with Crippen LogP contribution in [-0.4, -0.2) is 66.1 Å². The number of hydrogen-bond acceptors (Lipinski definition) is 4. The average Bonchev–Trinajstić information content (AvgIpc) is 2.74. The molecular weight excluding hydrogens is 252 g/mol. The Labute approximate surface area is 112 Å². The monoisotopic (exact) mass is 274 g/mol. The summed E-state index contributed by atoms with van der Waals surface area (Å²) < 4.78 is 4.82. The third-order valence-electron chi connectivity index (χ3n) is 3.54. The highest BCUT2D eigenvalue weighted by molar-refractivity contribution is 5.82. The Kier molecular flexibility index (Phi) is 6.04. The van der Waals surface area contributed by atoms with Crippen LogP contribution in [0.25, 0.3) is 0 Å². The molecule has 0 aromatic rings. The van der Waals surface area contributed by atoms with Gasteiger partial charge in [-0.15, -0.1) is 0 Å². The highest BCUT2D eigenvalue weighted by atomic mass is 16.5. The number of carbonyl (C=O) groups is 2. The molecule has 3 atom stereocenters. The Morgan fingerprint density at radius 1 is 1.53 bits per heavy atom. The molecular formula is C12H22N2O5. The molecule has 3 N–H and O–H groups in total. The number of hydrogen-bond donors (Lipinski definition) is 3. The van der Waals surface area contributed by atoms with Gasteiger partial charge in [-0.2, -0.15) is 0 Å². The van der Waals surface area contributed by atoms with Crippen LogP contribution in [0, 0.1) is 5.92 Å². The molecule has 19 heavy (non-hydrogen) atoms. The number of ether oxygens (including phenoxy) is 1. The van der Waals surface area contributed by atoms with E-state index in [-0.39, 0.29) is 31.6 Å². The van der Waals surface area contributed by atoms with Gasteiger partial charge in [0.25, 0.3) is 0 Å². The summed E-state index contributed by atoms with van der Waals surface area (Å²) in [6.45, 7) is 2.66. The molecule has 1 rings (SSSR count). The molecule has 0 saturated carbocycles. The maximum absolute atomic E-state index is 12.0. The zero-order chi connectivity index (χ0) is 14.4. The van der Waals surface area contributed by atoms with Crippen LogP contribution in [0.5, 0.6) is 0 Å². The van der Waals surface area contributed by atoms with Gasteiger partial charge in [-0.1, -0.05) is 6.92 Å². The predicted molar refractivity (Wildman–Crippen MR) is 67.8 cm³/mol. The summed E-state index contributed by atoms with van der Waals surface area (Å²) in [5, 5.41) is 20.8. The number of amides is 2. The number of urea groups is 1. The number of aliphatic hydroxyl groups excluding tert-OH is 1. The van der Waals surface area contributed by atoms with Crippen molar-refractivity contribution in [1.29, 1.82) is 0 Å². The zero-order valence-electron chi connectivity index (χ0n) is 11.3. The van der Waals surface area contributed by atoms with Crippen LogP contribution in [0.2, 0.25) is 0 Å². The highest BCUT2D eigenvalue weighted by Crippen LogP contribution is 2.23. The van der Waals surface area contributed by atoms with Gasteiger partial charge in [-0.3, -0.25) is 0 Å². The van der Waals surface area contributed by atoms with Gasteiger partial charge in [0.2, 0.25) is 0 Å². The average molecular weight is 274 g/mol. The first-order valence-electron chi connectivity index (χ1n) is 6.41. The number of rotatable bonds is 6. The highest BCUT2D eigenvalue weighted by Gasteiger charge is 2.35. The van der Waals surface area contributed by atoms with Crippen LogP contribution in [0.4, 0.5) is 4.79 Å². The van der Waals surface area contributed by atoms with Crippen molar-refractivity contribution in [3.63, 3.8) is 0 Å². The lowest BCUT2D eigenvalue weighted by atomic mass is 10.0. The Bertz CT molecular complexity index is 323. The second kappa shape index (κ2) is 7.30. The van der Waals surface area contributed by atoms with Crippen molar-refractivity contribution in [2.75, 3.05) is 26.9 Å². The van der Waals surface area contributed by atoms with E-state index in [0.29, 0.717) is 6.54 Å². The van der Waals surface area contributed by atoms with Gasteiger partial charge < -0.3 is 25.2 Å². The van der Waals surface area contributed by atoms with Crippen molar-refractivity contribution in [3.8, 4) is 0 Å². The number of aliphatic hydroxyl groups is 1. The number of nitrogens with one attached hydrogen (secondary N) is 1. The number of carbonyl (C=O) groups excluding carboxylic acids is 1. The number of carboxylic acids is 1. The molecule has 1 aliphatic rings. The molecule has 0 radical (unpaired) electrons. The number of aliphatic carboxylic acids is 1. The first-order chi connectivity index (χ1) is 9.01. The lowest BCUT2D eigenvalue weighted by Gasteiger charge is -2.27. The maximum atomic E-state index is 12.0. The number of likely N-dealkylation sites (tertiary alicyclic amines) is 1. The minimum Gasteiger partial charge on any atom is -0.480 e. The van der Waals surface area contributed by atoms with Gasteiger partial charge in [0, 0.05) is 26.7 Å². The van der Waals surface area contributed by atoms with E-state index >= 15 is 0 Å². The predicted octanol–water partition coefficient (Wildman–Crippen LogP) is -0.112. The van der Waals surface area contributed by atoms with Crippen LogP contribution >= 0.6 is 0 Å². The minimum absolute atomic E-state index is 0.107. The number of nitrogens with zero attached hydrogens (tertiary/aromatic N) is 1. The summed E-state index contributed by atoms with van der Waals surface area (Å²) in [7, 11) is 1.48. The van der Waals surface area contributed by atoms with Crippen molar-refractivity contribution in [1.82, 2.24) is 10.2 Å². The molecule has 7 nitrogen and oxygen atoms in total. The summed E-state index contributed by atoms with van der Waals surface area (Å²) in [6.07, 6.45) is 1.03. The third kappa shape index (κ3) is 4.07. The Balaban J connectivity index is 2.59. The smallest absolute Gasteiger partial charge is 0.326 e. The summed E-state index contributed by atoms with van der Waals surface area (Å²) >= 11 is 0. The second-order valence-electron chi connectivity index (χ2n) is 4.83. The summed E-state index contributed by atoms with van der Waals surface area (Å²) in [4.78, 5) is 24.6. The molecule has 1 fully saturated rings. The first-order valence-corrected chi connectivity index (χ1v) is 6.41. The zero-order valence-corrected chi connectivity index (χ0v) is 11.3. The van der Waals surface area contributed by atoms with Gasteiger partial charge in [0.15, 0.2) is 0 Å². The fourth-order valence-electron chi connectivity index (χ4n) is 2.26. The van der Waals surface area contributed by atoms with Gasteiger partial charge in [-0.05, 0) is 12.3 Å². The third-order valence-corrected chi connectivity index (χ3v) is 3.54. The molecule has 1 saturated heterocycles. The van der Waals surface area contributed by atoms with E-state index in [1.165, 1.54) is 12.0 Å². The molecule has 110 valence electrons. The largest absolute Gasteiger partial charge is 0.480 e. The summed E-state index contributed by atoms with van der Waals surface area (Å²) in [6, 6.07) is -1.65. The van der Waals surface area contributed by atoms with Crippen LogP contribution < -0.4 is 5.32 Å². The van der Waals surface area contributed by atoms with Crippen molar-refractivity contribution in [3.05, 3.63) is 0 Å². The second-order valence-corrected chi connectivity index (χ2v) is 4.83. The topological polar surface area (TPSA) is 99.1 Å². The van der Waals surface area contributed by atoms with Crippen molar-refractivity contribution in [2.24, 2.45) is 5.92 Å². The van der Waals surface area contributed by atoms with E-state index in [1.807, 2.05) is 6.92 Å². The fourth-order valence-corrected chi connectivity index (χ4v) is 2.26. The molecule has 7 heteroatoms. The normalized spacial score (nSPS) is 24.3. The Hall–Kier alpha value is -1.34. The maximum Gasteiger partial charge on any atom is 0.326 e. The van der Waals surface area contributed by atoms with Gasteiger partial charge in [0.05, 0.1) is 12.6 Å². The lowest BCUT2D eigenvalue weighted by Crippen LogP contribution is -2.51. The molecule has 0 aliphatic carbocycles. The number of methoxy groups -OCH3 is 1. The molecule has 1 aliphatic heterocycles. The molecule has 1 heterocycles. The van der Waals surface area contributed by atoms with Crippen molar-refractivity contribution < 1.29 is 24.5 Å². The fraction of sp³-hybridized carbons (Fsp3) is 0.833. The van der Waals surface area contributed by atoms with Gasteiger partial charge in [0.1, 0.15) is 6.04 Å². The van der Waals surface area contributed by atoms with Crippen LogP contribution in [-0.2, 0) is 9.53 Å². The minimum atomic E-state index is -1.09. The van der Waals surface area contributed by atoms with Crippen molar-refractivity contribution in [2.45, 2.75) is 31.8 Å². The van der Waals surface area contributed by atoms with Crippen LogP contribution in [0.1, 0.15) is 19.8 Å². The van der Waals surface area contributed by atoms with E-state index in [4.69, 9.17) is 9.84 Å². The van der Waals surface area contributed by atoms with E-state index in [1.54, 1.807) is 0 Å². The van der Waals surface area contributed by atoms with E-state index in [0.717, 1.165) is 6.42 Å². The molecule has 2 amide bonds. The van der Waals surface area contributed by atoms with Crippen LogP contribution in [0.15, 0.2) is 0 Å².